The summed E-state index contributed by atoms with van der Waals surface area (Å²) >= 11 is 0. The van der Waals surface area contributed by atoms with E-state index in [-0.39, 0.29) is 24.1 Å². The van der Waals surface area contributed by atoms with Crippen LogP contribution in [0.5, 0.6) is 0 Å². The summed E-state index contributed by atoms with van der Waals surface area (Å²) < 4.78 is 0. The van der Waals surface area contributed by atoms with Gasteiger partial charge in [0.25, 0.3) is 5.91 Å². The summed E-state index contributed by atoms with van der Waals surface area (Å²) in [4.78, 5) is 35.2. The second kappa shape index (κ2) is 6.68. The smallest absolute Gasteiger partial charge is 0.329 e. The van der Waals surface area contributed by atoms with E-state index in [9.17, 15) is 19.5 Å². The van der Waals surface area contributed by atoms with Gasteiger partial charge >= 0.3 is 12.0 Å². The Morgan fingerprint density at radius 2 is 2.00 bits per heavy atom. The van der Waals surface area contributed by atoms with Crippen molar-refractivity contribution in [2.24, 2.45) is 0 Å². The molecule has 0 saturated heterocycles. The molecule has 1 atom stereocenters. The van der Waals surface area contributed by atoms with Crippen LogP contribution in [0.3, 0.4) is 0 Å². The summed E-state index contributed by atoms with van der Waals surface area (Å²) in [6.45, 7) is 3.15. The monoisotopic (exact) mass is 319 g/mol. The van der Waals surface area contributed by atoms with Crippen molar-refractivity contribution < 1.29 is 19.5 Å². The zero-order valence-electron chi connectivity index (χ0n) is 13.2. The van der Waals surface area contributed by atoms with Gasteiger partial charge in [-0.1, -0.05) is 13.0 Å². The molecule has 0 radical (unpaired) electrons. The van der Waals surface area contributed by atoms with Crippen LogP contribution < -0.4 is 16.0 Å². The zero-order chi connectivity index (χ0) is 17.0. The number of urea groups is 1. The fraction of sp³-hybridized carbons (Fsp3) is 0.438. The van der Waals surface area contributed by atoms with E-state index in [2.05, 4.69) is 16.0 Å². The number of benzene rings is 1. The number of carbonyl (C=O) groups excluding carboxylic acids is 2. The van der Waals surface area contributed by atoms with E-state index in [1.807, 2.05) is 0 Å². The van der Waals surface area contributed by atoms with Gasteiger partial charge in [-0.05, 0) is 44.4 Å². The molecule has 1 fully saturated rings. The van der Waals surface area contributed by atoms with Crippen molar-refractivity contribution >= 4 is 23.6 Å². The highest BCUT2D eigenvalue weighted by atomic mass is 16.4. The van der Waals surface area contributed by atoms with E-state index in [0.717, 1.165) is 12.8 Å². The molecule has 0 aromatic heterocycles. The van der Waals surface area contributed by atoms with E-state index in [1.165, 1.54) is 13.0 Å². The quantitative estimate of drug-likeness (QED) is 0.643. The van der Waals surface area contributed by atoms with E-state index >= 15 is 0 Å². The summed E-state index contributed by atoms with van der Waals surface area (Å²) in [6, 6.07) is 6.30. The molecule has 1 aliphatic rings. The van der Waals surface area contributed by atoms with E-state index in [0.29, 0.717) is 5.69 Å². The maximum Gasteiger partial charge on any atom is 0.329 e. The molecule has 0 spiro atoms. The molecule has 1 unspecified atom stereocenters. The van der Waals surface area contributed by atoms with Crippen LogP contribution in [0.15, 0.2) is 24.3 Å². The Kier molecular flexibility index (Phi) is 4.88. The first-order valence-corrected chi connectivity index (χ1v) is 7.57. The van der Waals surface area contributed by atoms with E-state index in [4.69, 9.17) is 0 Å². The van der Waals surface area contributed by atoms with Gasteiger partial charge in [-0.2, -0.15) is 0 Å². The number of hydrogen-bond donors (Lipinski definition) is 4. The summed E-state index contributed by atoms with van der Waals surface area (Å²) in [7, 11) is 0. The Balaban J connectivity index is 2.04. The van der Waals surface area contributed by atoms with Gasteiger partial charge in [-0.15, -0.1) is 0 Å². The highest BCUT2D eigenvalue weighted by molar-refractivity contribution is 5.99. The molecule has 124 valence electrons. The molecule has 0 aliphatic heterocycles. The highest BCUT2D eigenvalue weighted by Gasteiger charge is 2.33. The molecule has 4 N–H and O–H groups in total. The third-order valence-electron chi connectivity index (χ3n) is 3.86. The van der Waals surface area contributed by atoms with Crippen LogP contribution in [0.25, 0.3) is 0 Å². The lowest BCUT2D eigenvalue weighted by molar-refractivity contribution is -0.143. The Labute approximate surface area is 134 Å². The van der Waals surface area contributed by atoms with Crippen molar-refractivity contribution in [2.45, 2.75) is 44.7 Å². The predicted octanol–water partition coefficient (Wildman–Crippen LogP) is 1.95. The molecular weight excluding hydrogens is 298 g/mol. The van der Waals surface area contributed by atoms with Crippen molar-refractivity contribution in [3.05, 3.63) is 29.8 Å². The van der Waals surface area contributed by atoms with Crippen LogP contribution in [0, 0.1) is 0 Å². The Morgan fingerprint density at radius 1 is 1.30 bits per heavy atom. The van der Waals surface area contributed by atoms with Crippen LogP contribution in [0.2, 0.25) is 0 Å². The molecular formula is C16H21N3O4. The fourth-order valence-electron chi connectivity index (χ4n) is 1.93. The van der Waals surface area contributed by atoms with Gasteiger partial charge in [-0.3, -0.25) is 4.79 Å². The third kappa shape index (κ3) is 4.45. The Bertz CT molecular complexity index is 628. The molecule has 23 heavy (non-hydrogen) atoms. The van der Waals surface area contributed by atoms with E-state index < -0.39 is 17.4 Å². The third-order valence-corrected chi connectivity index (χ3v) is 3.86. The van der Waals surface area contributed by atoms with Crippen molar-refractivity contribution in [2.75, 3.05) is 5.32 Å². The van der Waals surface area contributed by atoms with Gasteiger partial charge in [-0.25, -0.2) is 9.59 Å². The molecule has 7 heteroatoms. The van der Waals surface area contributed by atoms with Gasteiger partial charge in [0.15, 0.2) is 0 Å². The first kappa shape index (κ1) is 16.8. The zero-order valence-corrected chi connectivity index (χ0v) is 13.2. The maximum atomic E-state index is 12.2. The standard InChI is InChI=1S/C16H21N3O4/c1-3-16(2,14(21)22)19-13(20)10-5-4-6-12(9-10)18-15(23)17-11-7-8-11/h4-6,9,11H,3,7-8H2,1-2H3,(H,19,20)(H,21,22)(H2,17,18,23). The van der Waals surface area contributed by atoms with Gasteiger partial charge in [0.05, 0.1) is 0 Å². The normalized spacial score (nSPS) is 16.1. The van der Waals surface area contributed by atoms with Gasteiger partial charge in [0.2, 0.25) is 0 Å². The SMILES string of the molecule is CCC(C)(NC(=O)c1cccc(NC(=O)NC2CC2)c1)C(=O)O. The minimum absolute atomic E-state index is 0.238. The number of anilines is 1. The molecule has 1 aromatic rings. The number of carboxylic acid groups (broad SMARTS) is 1. The second-order valence-corrected chi connectivity index (χ2v) is 5.90. The molecule has 0 heterocycles. The number of aliphatic carboxylic acids is 1. The topological polar surface area (TPSA) is 108 Å². The number of hydrogen-bond acceptors (Lipinski definition) is 3. The average Bonchev–Trinajstić information content (AvgIpc) is 3.30. The first-order valence-electron chi connectivity index (χ1n) is 7.57. The second-order valence-electron chi connectivity index (χ2n) is 5.90. The summed E-state index contributed by atoms with van der Waals surface area (Å²) in [5, 5.41) is 17.2. The van der Waals surface area contributed by atoms with Crippen molar-refractivity contribution in [3.63, 3.8) is 0 Å². The minimum Gasteiger partial charge on any atom is -0.480 e. The van der Waals surface area contributed by atoms with Crippen LogP contribution >= 0.6 is 0 Å². The molecule has 2 rings (SSSR count). The highest BCUT2D eigenvalue weighted by Crippen LogP contribution is 2.19. The lowest BCUT2D eigenvalue weighted by Crippen LogP contribution is -2.51. The van der Waals surface area contributed by atoms with Crippen LogP contribution in [-0.4, -0.2) is 34.6 Å². The average molecular weight is 319 g/mol. The number of carboxylic acids is 1. The molecule has 0 bridgehead atoms. The molecule has 1 aliphatic carbocycles. The lowest BCUT2D eigenvalue weighted by atomic mass is 9.98. The van der Waals surface area contributed by atoms with Crippen LogP contribution in [0.4, 0.5) is 10.5 Å². The van der Waals surface area contributed by atoms with E-state index in [1.54, 1.807) is 25.1 Å². The number of amides is 3. The number of rotatable bonds is 6. The minimum atomic E-state index is -1.33. The van der Waals surface area contributed by atoms with Crippen molar-refractivity contribution in [1.29, 1.82) is 0 Å². The van der Waals surface area contributed by atoms with Gasteiger partial charge in [0.1, 0.15) is 5.54 Å². The number of nitrogens with one attached hydrogen (secondary N) is 3. The van der Waals surface area contributed by atoms with Crippen molar-refractivity contribution in [3.8, 4) is 0 Å². The molecule has 7 nitrogen and oxygen atoms in total. The van der Waals surface area contributed by atoms with Crippen LogP contribution in [-0.2, 0) is 4.79 Å². The fourth-order valence-corrected chi connectivity index (χ4v) is 1.93. The van der Waals surface area contributed by atoms with Gasteiger partial charge < -0.3 is 21.1 Å². The summed E-state index contributed by atoms with van der Waals surface area (Å²) in [5.41, 5.74) is -0.566. The van der Waals surface area contributed by atoms with Crippen molar-refractivity contribution in [1.82, 2.24) is 10.6 Å². The Morgan fingerprint density at radius 3 is 2.57 bits per heavy atom. The van der Waals surface area contributed by atoms with Gasteiger partial charge in [0, 0.05) is 17.3 Å². The molecule has 1 aromatic carbocycles. The largest absolute Gasteiger partial charge is 0.480 e. The Hall–Kier alpha value is -2.57. The maximum absolute atomic E-state index is 12.2. The summed E-state index contributed by atoms with van der Waals surface area (Å²) in [6.07, 6.45) is 2.23. The number of carbonyl (C=O) groups is 3. The first-order chi connectivity index (χ1) is 10.8. The van der Waals surface area contributed by atoms with Crippen LogP contribution in [0.1, 0.15) is 43.5 Å². The predicted molar refractivity (Wildman–Crippen MR) is 85.4 cm³/mol. The lowest BCUT2D eigenvalue weighted by Gasteiger charge is -2.24. The molecule has 1 saturated carbocycles. The summed E-state index contributed by atoms with van der Waals surface area (Å²) in [5.74, 6) is -1.59. The molecule has 3 amide bonds.